The number of rotatable bonds is 4. The molecule has 0 amide bonds. The summed E-state index contributed by atoms with van der Waals surface area (Å²) < 4.78 is 0. The van der Waals surface area contributed by atoms with E-state index in [9.17, 15) is 0 Å². The zero-order chi connectivity index (χ0) is 17.9. The van der Waals surface area contributed by atoms with Crippen molar-refractivity contribution in [2.45, 2.75) is 13.5 Å². The lowest BCUT2D eigenvalue weighted by atomic mass is 9.99. The number of pyridine rings is 2. The number of H-pyrrole nitrogens is 1. The van der Waals surface area contributed by atoms with E-state index in [0.29, 0.717) is 12.1 Å². The molecule has 6 heteroatoms. The Morgan fingerprint density at radius 3 is 2.85 bits per heavy atom. The van der Waals surface area contributed by atoms with Gasteiger partial charge in [0, 0.05) is 12.4 Å². The van der Waals surface area contributed by atoms with Gasteiger partial charge in [0.2, 0.25) is 0 Å². The number of aromatic nitrogens is 4. The van der Waals surface area contributed by atoms with Gasteiger partial charge < -0.3 is 10.3 Å². The van der Waals surface area contributed by atoms with Gasteiger partial charge in [-0.2, -0.15) is 5.26 Å². The maximum Gasteiger partial charge on any atom is 0.157 e. The summed E-state index contributed by atoms with van der Waals surface area (Å²) in [4.78, 5) is 16.3. The Bertz CT molecular complexity index is 1090. The van der Waals surface area contributed by atoms with E-state index in [-0.39, 0.29) is 0 Å². The molecule has 0 aliphatic carbocycles. The fourth-order valence-electron chi connectivity index (χ4n) is 2.90. The van der Waals surface area contributed by atoms with Crippen molar-refractivity contribution in [3.8, 4) is 17.2 Å². The molecule has 0 aliphatic rings. The van der Waals surface area contributed by atoms with E-state index in [0.717, 1.165) is 39.5 Å². The Morgan fingerprint density at radius 1 is 1.12 bits per heavy atom. The fraction of sp³-hybridized carbons (Fsp3) is 0.100. The second-order valence-electron chi connectivity index (χ2n) is 5.98. The summed E-state index contributed by atoms with van der Waals surface area (Å²) in [7, 11) is 0. The predicted molar refractivity (Wildman–Crippen MR) is 100 cm³/mol. The second-order valence-corrected chi connectivity index (χ2v) is 5.98. The lowest BCUT2D eigenvalue weighted by Crippen LogP contribution is -2.03. The molecule has 2 N–H and O–H groups in total. The summed E-state index contributed by atoms with van der Waals surface area (Å²) in [5.41, 5.74) is 5.48. The van der Waals surface area contributed by atoms with E-state index < -0.39 is 0 Å². The molecule has 3 aromatic heterocycles. The van der Waals surface area contributed by atoms with Gasteiger partial charge in [0.1, 0.15) is 17.2 Å². The smallest absolute Gasteiger partial charge is 0.157 e. The average molecular weight is 340 g/mol. The highest BCUT2D eigenvalue weighted by atomic mass is 15.1. The van der Waals surface area contributed by atoms with Gasteiger partial charge in [0.25, 0.3) is 0 Å². The van der Waals surface area contributed by atoms with Crippen LogP contribution in [0, 0.1) is 18.3 Å². The molecule has 0 spiro atoms. The Labute approximate surface area is 150 Å². The Balaban J connectivity index is 1.55. The van der Waals surface area contributed by atoms with Crippen molar-refractivity contribution in [2.75, 3.05) is 5.32 Å². The normalized spacial score (nSPS) is 10.6. The number of fused-ring (bicyclic) bond motifs is 1. The summed E-state index contributed by atoms with van der Waals surface area (Å²) in [6.07, 6.45) is 3.51. The Morgan fingerprint density at radius 2 is 2.04 bits per heavy atom. The van der Waals surface area contributed by atoms with Crippen molar-refractivity contribution in [1.29, 1.82) is 5.26 Å². The van der Waals surface area contributed by atoms with Gasteiger partial charge in [0.15, 0.2) is 5.65 Å². The van der Waals surface area contributed by atoms with Gasteiger partial charge in [-0.3, -0.25) is 0 Å². The lowest BCUT2D eigenvalue weighted by Gasteiger charge is -2.09. The van der Waals surface area contributed by atoms with E-state index in [1.165, 1.54) is 0 Å². The van der Waals surface area contributed by atoms with Crippen LogP contribution < -0.4 is 5.32 Å². The van der Waals surface area contributed by atoms with E-state index in [1.54, 1.807) is 12.4 Å². The van der Waals surface area contributed by atoms with Gasteiger partial charge in [0.05, 0.1) is 18.2 Å². The number of nitrogens with zero attached hydrogens (tertiary/aromatic N) is 4. The molecule has 0 saturated heterocycles. The molecule has 3 heterocycles. The second kappa shape index (κ2) is 6.65. The van der Waals surface area contributed by atoms with Crippen molar-refractivity contribution < 1.29 is 0 Å². The number of imidazole rings is 1. The average Bonchev–Trinajstić information content (AvgIpc) is 3.09. The van der Waals surface area contributed by atoms with E-state index in [2.05, 4.69) is 31.3 Å². The van der Waals surface area contributed by atoms with Crippen LogP contribution >= 0.6 is 0 Å². The largest absolute Gasteiger partial charge is 0.363 e. The highest BCUT2D eigenvalue weighted by Gasteiger charge is 2.06. The Hall–Kier alpha value is -3.72. The van der Waals surface area contributed by atoms with Gasteiger partial charge in [-0.25, -0.2) is 15.0 Å². The molecule has 0 saturated carbocycles. The van der Waals surface area contributed by atoms with Crippen LogP contribution in [0.5, 0.6) is 0 Å². The van der Waals surface area contributed by atoms with Crippen LogP contribution in [-0.2, 0) is 6.54 Å². The number of nitrogens with one attached hydrogen (secondary N) is 2. The molecule has 0 aliphatic heterocycles. The SMILES string of the molecule is Cc1cc(C#N)ccc1-c1ccnc(NCc2nc3cccnc3[nH]2)c1. The van der Waals surface area contributed by atoms with Crippen molar-refractivity contribution >= 4 is 17.0 Å². The number of nitriles is 1. The molecular formula is C20H16N6. The van der Waals surface area contributed by atoms with Crippen LogP contribution in [0.25, 0.3) is 22.3 Å². The van der Waals surface area contributed by atoms with Crippen molar-refractivity contribution in [3.63, 3.8) is 0 Å². The van der Waals surface area contributed by atoms with Crippen molar-refractivity contribution in [3.05, 3.63) is 71.8 Å². The lowest BCUT2D eigenvalue weighted by molar-refractivity contribution is 0.995. The van der Waals surface area contributed by atoms with E-state index in [4.69, 9.17) is 5.26 Å². The van der Waals surface area contributed by atoms with Crippen LogP contribution in [0.4, 0.5) is 5.82 Å². The van der Waals surface area contributed by atoms with Crippen LogP contribution in [0.1, 0.15) is 17.0 Å². The zero-order valence-electron chi connectivity index (χ0n) is 14.2. The summed E-state index contributed by atoms with van der Waals surface area (Å²) in [6.45, 7) is 2.53. The molecule has 0 atom stereocenters. The van der Waals surface area contributed by atoms with Gasteiger partial charge in [-0.1, -0.05) is 6.07 Å². The third-order valence-corrected chi connectivity index (χ3v) is 4.17. The first-order valence-electron chi connectivity index (χ1n) is 8.23. The minimum atomic E-state index is 0.527. The number of anilines is 1. The minimum Gasteiger partial charge on any atom is -0.363 e. The molecule has 6 nitrogen and oxygen atoms in total. The molecule has 26 heavy (non-hydrogen) atoms. The van der Waals surface area contributed by atoms with Gasteiger partial charge >= 0.3 is 0 Å². The molecule has 0 fully saturated rings. The standard InChI is InChI=1S/C20H16N6/c1-13-9-14(11-21)4-5-16(13)15-6-8-22-18(10-15)24-12-19-25-17-3-2-7-23-20(17)26-19/h2-10H,12H2,1H3,(H,22,24)(H,23,25,26). The fourth-order valence-corrected chi connectivity index (χ4v) is 2.90. The van der Waals surface area contributed by atoms with Crippen LogP contribution in [0.2, 0.25) is 0 Å². The zero-order valence-corrected chi connectivity index (χ0v) is 14.2. The minimum absolute atomic E-state index is 0.527. The first-order valence-corrected chi connectivity index (χ1v) is 8.23. The summed E-state index contributed by atoms with van der Waals surface area (Å²) >= 11 is 0. The summed E-state index contributed by atoms with van der Waals surface area (Å²) in [6, 6.07) is 15.6. The van der Waals surface area contributed by atoms with Gasteiger partial charge in [-0.05, 0) is 60.0 Å². The Kier molecular flexibility index (Phi) is 4.04. The monoisotopic (exact) mass is 340 g/mol. The third kappa shape index (κ3) is 3.10. The van der Waals surface area contributed by atoms with Gasteiger partial charge in [-0.15, -0.1) is 0 Å². The number of aromatic amines is 1. The molecule has 0 bridgehead atoms. The quantitative estimate of drug-likeness (QED) is 0.589. The molecule has 0 radical (unpaired) electrons. The maximum atomic E-state index is 9.01. The van der Waals surface area contributed by atoms with Crippen LogP contribution in [0.15, 0.2) is 54.9 Å². The number of aryl methyl sites for hydroxylation is 1. The molecular weight excluding hydrogens is 324 g/mol. The highest BCUT2D eigenvalue weighted by Crippen LogP contribution is 2.25. The number of hydrogen-bond acceptors (Lipinski definition) is 5. The molecule has 4 aromatic rings. The molecule has 0 unspecified atom stereocenters. The van der Waals surface area contributed by atoms with Crippen molar-refractivity contribution in [2.24, 2.45) is 0 Å². The van der Waals surface area contributed by atoms with Crippen LogP contribution in [0.3, 0.4) is 0 Å². The van der Waals surface area contributed by atoms with E-state index >= 15 is 0 Å². The number of benzene rings is 1. The predicted octanol–water partition coefficient (Wildman–Crippen LogP) is 3.81. The summed E-state index contributed by atoms with van der Waals surface area (Å²) in [5.74, 6) is 1.57. The first kappa shape index (κ1) is 15.8. The summed E-state index contributed by atoms with van der Waals surface area (Å²) in [5, 5.41) is 12.3. The topological polar surface area (TPSA) is 90.3 Å². The highest BCUT2D eigenvalue weighted by molar-refractivity contribution is 5.71. The third-order valence-electron chi connectivity index (χ3n) is 4.17. The van der Waals surface area contributed by atoms with Crippen molar-refractivity contribution in [1.82, 2.24) is 19.9 Å². The maximum absolute atomic E-state index is 9.01. The number of hydrogen-bond donors (Lipinski definition) is 2. The van der Waals surface area contributed by atoms with Crippen LogP contribution in [-0.4, -0.2) is 19.9 Å². The van der Waals surface area contributed by atoms with E-state index in [1.807, 2.05) is 49.4 Å². The molecule has 4 rings (SSSR count). The molecule has 126 valence electrons. The molecule has 1 aromatic carbocycles. The first-order chi connectivity index (χ1) is 12.7.